The van der Waals surface area contributed by atoms with E-state index >= 15 is 0 Å². The quantitative estimate of drug-likeness (QED) is 0.422. The number of anilines is 1. The van der Waals surface area contributed by atoms with E-state index in [2.05, 4.69) is 25.6 Å². The summed E-state index contributed by atoms with van der Waals surface area (Å²) < 4.78 is 37.4. The van der Waals surface area contributed by atoms with E-state index in [0.717, 1.165) is 18.7 Å². The van der Waals surface area contributed by atoms with Gasteiger partial charge < -0.3 is 16.4 Å². The number of halogens is 3. The van der Waals surface area contributed by atoms with Crippen LogP contribution in [0.15, 0.2) is 17.3 Å². The summed E-state index contributed by atoms with van der Waals surface area (Å²) in [6.45, 7) is 4.56. The summed E-state index contributed by atoms with van der Waals surface area (Å²) in [6, 6.07) is 1.03. The van der Waals surface area contributed by atoms with Gasteiger partial charge in [-0.05, 0) is 19.4 Å². The van der Waals surface area contributed by atoms with E-state index in [1.165, 1.54) is 0 Å². The second-order valence-electron chi connectivity index (χ2n) is 4.41. The van der Waals surface area contributed by atoms with Gasteiger partial charge in [0.15, 0.2) is 5.96 Å². The smallest absolute Gasteiger partial charge is 0.370 e. The lowest BCUT2D eigenvalue weighted by molar-refractivity contribution is -0.141. The van der Waals surface area contributed by atoms with E-state index < -0.39 is 11.9 Å². The summed E-state index contributed by atoms with van der Waals surface area (Å²) in [6.07, 6.45) is -2.52. The number of alkyl halides is 3. The van der Waals surface area contributed by atoms with Gasteiger partial charge in [0.1, 0.15) is 5.69 Å². The fourth-order valence-corrected chi connectivity index (χ4v) is 1.35. The number of nitrogens with zero attached hydrogens (tertiary/aromatic N) is 3. The largest absolute Gasteiger partial charge is 0.433 e. The van der Waals surface area contributed by atoms with Crippen LogP contribution in [0.1, 0.15) is 26.0 Å². The first kappa shape index (κ1) is 17.0. The van der Waals surface area contributed by atoms with Crippen molar-refractivity contribution in [1.29, 1.82) is 0 Å². The summed E-state index contributed by atoms with van der Waals surface area (Å²) in [5.74, 6) is 0.213. The molecule has 0 aliphatic rings. The van der Waals surface area contributed by atoms with Crippen molar-refractivity contribution in [2.45, 2.75) is 32.5 Å². The topological polar surface area (TPSA) is 88.2 Å². The van der Waals surface area contributed by atoms with Gasteiger partial charge in [0.25, 0.3) is 0 Å². The highest BCUT2D eigenvalue weighted by atomic mass is 19.4. The van der Waals surface area contributed by atoms with Crippen LogP contribution in [0.2, 0.25) is 0 Å². The molecule has 6 nitrogen and oxygen atoms in total. The van der Waals surface area contributed by atoms with Crippen LogP contribution in [0.3, 0.4) is 0 Å². The number of aliphatic imine (C=N–C) groups is 1. The Morgan fingerprint density at radius 2 is 2.19 bits per heavy atom. The standard InChI is InChI=1S/C12H19F3N6/c1-3-8(2)20-10(16)17-6-7-19-11-18-5-4-9(21-11)12(13,14)15/h4-5,8H,3,6-7H2,1-2H3,(H3,16,17,20)(H,18,19,21). The molecule has 0 amide bonds. The van der Waals surface area contributed by atoms with Crippen LogP contribution in [0, 0.1) is 0 Å². The summed E-state index contributed by atoms with van der Waals surface area (Å²) in [4.78, 5) is 11.1. The van der Waals surface area contributed by atoms with Gasteiger partial charge in [-0.1, -0.05) is 6.92 Å². The maximum atomic E-state index is 12.5. The van der Waals surface area contributed by atoms with Crippen molar-refractivity contribution < 1.29 is 13.2 Å². The molecule has 0 radical (unpaired) electrons. The Hall–Kier alpha value is -2.06. The first-order valence-corrected chi connectivity index (χ1v) is 6.53. The van der Waals surface area contributed by atoms with Crippen LogP contribution in [0.25, 0.3) is 0 Å². The average Bonchev–Trinajstić information content (AvgIpc) is 2.43. The summed E-state index contributed by atoms with van der Waals surface area (Å²) >= 11 is 0. The lowest BCUT2D eigenvalue weighted by atomic mass is 10.3. The zero-order chi connectivity index (χ0) is 15.9. The Morgan fingerprint density at radius 3 is 2.81 bits per heavy atom. The molecule has 1 atom stereocenters. The highest BCUT2D eigenvalue weighted by Gasteiger charge is 2.32. The fourth-order valence-electron chi connectivity index (χ4n) is 1.35. The number of rotatable bonds is 6. The molecule has 0 bridgehead atoms. The molecule has 0 aliphatic heterocycles. The summed E-state index contributed by atoms with van der Waals surface area (Å²) in [7, 11) is 0. The number of aromatic nitrogens is 2. The number of hydrogen-bond donors (Lipinski definition) is 3. The number of nitrogens with one attached hydrogen (secondary N) is 2. The molecule has 0 aliphatic carbocycles. The molecule has 1 unspecified atom stereocenters. The molecule has 0 spiro atoms. The molecule has 9 heteroatoms. The van der Waals surface area contributed by atoms with Gasteiger partial charge in [-0.2, -0.15) is 13.2 Å². The van der Waals surface area contributed by atoms with Crippen molar-refractivity contribution in [3.8, 4) is 0 Å². The molecule has 0 fully saturated rings. The van der Waals surface area contributed by atoms with Gasteiger partial charge in [0.05, 0.1) is 6.54 Å². The average molecular weight is 304 g/mol. The Bertz CT molecular complexity index is 474. The van der Waals surface area contributed by atoms with E-state index in [0.29, 0.717) is 12.5 Å². The van der Waals surface area contributed by atoms with E-state index in [1.54, 1.807) is 0 Å². The van der Waals surface area contributed by atoms with Gasteiger partial charge in [0, 0.05) is 18.8 Å². The Balaban J connectivity index is 2.44. The maximum Gasteiger partial charge on any atom is 0.433 e. The Kier molecular flexibility index (Phi) is 6.19. The van der Waals surface area contributed by atoms with E-state index in [1.807, 2.05) is 13.8 Å². The van der Waals surface area contributed by atoms with Crippen LogP contribution in [-0.2, 0) is 6.18 Å². The van der Waals surface area contributed by atoms with Crippen LogP contribution in [0.5, 0.6) is 0 Å². The third kappa shape index (κ3) is 6.28. The Morgan fingerprint density at radius 1 is 1.48 bits per heavy atom. The molecule has 4 N–H and O–H groups in total. The van der Waals surface area contributed by atoms with Gasteiger partial charge >= 0.3 is 6.18 Å². The van der Waals surface area contributed by atoms with Crippen molar-refractivity contribution in [2.75, 3.05) is 18.4 Å². The molecular weight excluding hydrogens is 285 g/mol. The van der Waals surface area contributed by atoms with Crippen LogP contribution in [0.4, 0.5) is 19.1 Å². The monoisotopic (exact) mass is 304 g/mol. The van der Waals surface area contributed by atoms with E-state index in [9.17, 15) is 13.2 Å². The SMILES string of the molecule is CCC(C)NC(N)=NCCNc1nccc(C(F)(F)F)n1. The molecular formula is C12H19F3N6. The van der Waals surface area contributed by atoms with Gasteiger partial charge in [-0.15, -0.1) is 0 Å². The first-order valence-electron chi connectivity index (χ1n) is 6.53. The van der Waals surface area contributed by atoms with Crippen LogP contribution < -0.4 is 16.4 Å². The zero-order valence-corrected chi connectivity index (χ0v) is 11.9. The molecule has 21 heavy (non-hydrogen) atoms. The summed E-state index contributed by atoms with van der Waals surface area (Å²) in [5.41, 5.74) is 4.66. The zero-order valence-electron chi connectivity index (χ0n) is 11.9. The fraction of sp³-hybridized carbons (Fsp3) is 0.583. The highest BCUT2D eigenvalue weighted by Crippen LogP contribution is 2.27. The molecule has 0 saturated carbocycles. The predicted octanol–water partition coefficient (Wildman–Crippen LogP) is 1.61. The third-order valence-electron chi connectivity index (χ3n) is 2.63. The van der Waals surface area contributed by atoms with Crippen molar-refractivity contribution in [2.24, 2.45) is 10.7 Å². The minimum absolute atomic E-state index is 0.0894. The predicted molar refractivity (Wildman–Crippen MR) is 74.9 cm³/mol. The van der Waals surface area contributed by atoms with Gasteiger partial charge in [-0.3, -0.25) is 4.99 Å². The second kappa shape index (κ2) is 7.65. The minimum Gasteiger partial charge on any atom is -0.370 e. The molecule has 1 rings (SSSR count). The van der Waals surface area contributed by atoms with E-state index in [4.69, 9.17) is 5.73 Å². The maximum absolute atomic E-state index is 12.5. The van der Waals surface area contributed by atoms with Crippen LogP contribution >= 0.6 is 0 Å². The number of hydrogen-bond acceptors (Lipinski definition) is 4. The van der Waals surface area contributed by atoms with Crippen molar-refractivity contribution in [3.05, 3.63) is 18.0 Å². The minimum atomic E-state index is -4.48. The van der Waals surface area contributed by atoms with Crippen molar-refractivity contribution in [1.82, 2.24) is 15.3 Å². The lowest BCUT2D eigenvalue weighted by Gasteiger charge is -2.11. The van der Waals surface area contributed by atoms with Crippen LogP contribution in [-0.4, -0.2) is 35.1 Å². The van der Waals surface area contributed by atoms with Crippen molar-refractivity contribution >= 4 is 11.9 Å². The first-order chi connectivity index (χ1) is 9.82. The summed E-state index contributed by atoms with van der Waals surface area (Å²) in [5, 5.41) is 5.64. The molecule has 118 valence electrons. The number of guanidine groups is 1. The third-order valence-corrected chi connectivity index (χ3v) is 2.63. The molecule has 1 heterocycles. The van der Waals surface area contributed by atoms with E-state index in [-0.39, 0.29) is 18.5 Å². The molecule has 0 saturated heterocycles. The normalized spacial score (nSPS) is 13.9. The molecule has 0 aromatic carbocycles. The Labute approximate surface area is 121 Å². The van der Waals surface area contributed by atoms with Gasteiger partial charge in [-0.25, -0.2) is 9.97 Å². The van der Waals surface area contributed by atoms with Crippen molar-refractivity contribution in [3.63, 3.8) is 0 Å². The molecule has 1 aromatic rings. The second-order valence-corrected chi connectivity index (χ2v) is 4.41. The number of nitrogens with two attached hydrogens (primary N) is 1. The van der Waals surface area contributed by atoms with Gasteiger partial charge in [0.2, 0.25) is 5.95 Å². The highest BCUT2D eigenvalue weighted by molar-refractivity contribution is 5.78. The lowest BCUT2D eigenvalue weighted by Crippen LogP contribution is -2.38. The molecule has 1 aromatic heterocycles.